The molecule has 6 heteroatoms. The Morgan fingerprint density at radius 3 is 2.67 bits per heavy atom. The van der Waals surface area contributed by atoms with E-state index in [1.807, 2.05) is 49.4 Å². The smallest absolute Gasteiger partial charge is 0.243 e. The number of nitrogens with one attached hydrogen (secondary N) is 2. The number of carbonyl (C=O) groups excluding carboxylic acids is 1. The Kier molecular flexibility index (Phi) is 6.19. The Labute approximate surface area is 160 Å². The molecular weight excluding hydrogens is 342 g/mol. The van der Waals surface area contributed by atoms with Crippen LogP contribution in [0.1, 0.15) is 18.4 Å². The quantitative estimate of drug-likeness (QED) is 0.730. The highest BCUT2D eigenvalue weighted by Crippen LogP contribution is 2.28. The highest BCUT2D eigenvalue weighted by Gasteiger charge is 2.19. The molecule has 0 radical (unpaired) electrons. The van der Waals surface area contributed by atoms with E-state index >= 15 is 0 Å². The molecule has 0 aliphatic carbocycles. The van der Waals surface area contributed by atoms with E-state index in [0.717, 1.165) is 42.9 Å². The SMILES string of the molecule is COc1ccc(C)cc1NC(=O)CNc1ccccc1N1CCC(O)CC1. The van der Waals surface area contributed by atoms with Gasteiger partial charge in [-0.15, -0.1) is 0 Å². The van der Waals surface area contributed by atoms with Crippen LogP contribution in [0.25, 0.3) is 0 Å². The molecule has 3 N–H and O–H groups in total. The van der Waals surface area contributed by atoms with Crippen molar-refractivity contribution in [2.45, 2.75) is 25.9 Å². The molecule has 1 heterocycles. The van der Waals surface area contributed by atoms with Gasteiger partial charge in [-0.2, -0.15) is 0 Å². The van der Waals surface area contributed by atoms with Crippen molar-refractivity contribution in [2.24, 2.45) is 0 Å². The molecule has 0 unspecified atom stereocenters. The summed E-state index contributed by atoms with van der Waals surface area (Å²) in [7, 11) is 1.59. The third-order valence-corrected chi connectivity index (χ3v) is 4.78. The maximum Gasteiger partial charge on any atom is 0.243 e. The monoisotopic (exact) mass is 369 g/mol. The molecular formula is C21H27N3O3. The topological polar surface area (TPSA) is 73.8 Å². The van der Waals surface area contributed by atoms with Gasteiger partial charge in [0, 0.05) is 13.1 Å². The molecule has 0 saturated carbocycles. The van der Waals surface area contributed by atoms with E-state index in [2.05, 4.69) is 15.5 Å². The van der Waals surface area contributed by atoms with Crippen molar-refractivity contribution in [2.75, 3.05) is 42.3 Å². The molecule has 1 amide bonds. The third-order valence-electron chi connectivity index (χ3n) is 4.78. The Bertz CT molecular complexity index is 786. The average Bonchev–Trinajstić information content (AvgIpc) is 2.67. The minimum absolute atomic E-state index is 0.136. The number of aliphatic hydroxyl groups excluding tert-OH is 1. The zero-order valence-electron chi connectivity index (χ0n) is 15.9. The molecule has 0 spiro atoms. The Morgan fingerprint density at radius 1 is 1.19 bits per heavy atom. The van der Waals surface area contributed by atoms with E-state index in [1.165, 1.54) is 0 Å². The van der Waals surface area contributed by atoms with Crippen LogP contribution in [0.3, 0.4) is 0 Å². The van der Waals surface area contributed by atoms with Crippen LogP contribution in [-0.4, -0.2) is 43.9 Å². The minimum Gasteiger partial charge on any atom is -0.495 e. The zero-order valence-corrected chi connectivity index (χ0v) is 15.9. The second kappa shape index (κ2) is 8.77. The summed E-state index contributed by atoms with van der Waals surface area (Å²) in [5.41, 5.74) is 3.70. The molecule has 1 saturated heterocycles. The van der Waals surface area contributed by atoms with E-state index in [-0.39, 0.29) is 18.6 Å². The number of para-hydroxylation sites is 2. The minimum atomic E-state index is -0.212. The predicted octanol–water partition coefficient (Wildman–Crippen LogP) is 3.02. The molecule has 0 bridgehead atoms. The average molecular weight is 369 g/mol. The van der Waals surface area contributed by atoms with Crippen LogP contribution in [0.4, 0.5) is 17.1 Å². The van der Waals surface area contributed by atoms with Gasteiger partial charge in [-0.05, 0) is 49.6 Å². The normalized spacial score (nSPS) is 14.7. The molecule has 1 aliphatic rings. The van der Waals surface area contributed by atoms with Crippen molar-refractivity contribution in [1.82, 2.24) is 0 Å². The number of rotatable bonds is 6. The maximum absolute atomic E-state index is 12.4. The summed E-state index contributed by atoms with van der Waals surface area (Å²) >= 11 is 0. The maximum atomic E-state index is 12.4. The summed E-state index contributed by atoms with van der Waals surface area (Å²) in [6.45, 7) is 3.75. The van der Waals surface area contributed by atoms with Crippen LogP contribution in [0.5, 0.6) is 5.75 Å². The highest BCUT2D eigenvalue weighted by atomic mass is 16.5. The van der Waals surface area contributed by atoms with Gasteiger partial charge in [-0.1, -0.05) is 18.2 Å². The molecule has 27 heavy (non-hydrogen) atoms. The lowest BCUT2D eigenvalue weighted by Crippen LogP contribution is -2.36. The summed E-state index contributed by atoms with van der Waals surface area (Å²) in [5, 5.41) is 15.9. The second-order valence-corrected chi connectivity index (χ2v) is 6.84. The lowest BCUT2D eigenvalue weighted by atomic mass is 10.1. The summed E-state index contributed by atoms with van der Waals surface area (Å²) in [6, 6.07) is 13.6. The van der Waals surface area contributed by atoms with E-state index in [1.54, 1.807) is 7.11 Å². The Hall–Kier alpha value is -2.73. The predicted molar refractivity (Wildman–Crippen MR) is 109 cm³/mol. The van der Waals surface area contributed by atoms with Gasteiger partial charge in [-0.25, -0.2) is 0 Å². The number of methoxy groups -OCH3 is 1. The van der Waals surface area contributed by atoms with E-state index < -0.39 is 0 Å². The van der Waals surface area contributed by atoms with Gasteiger partial charge < -0.3 is 25.4 Å². The van der Waals surface area contributed by atoms with Gasteiger partial charge in [0.2, 0.25) is 5.91 Å². The van der Waals surface area contributed by atoms with Crippen LogP contribution >= 0.6 is 0 Å². The fourth-order valence-electron chi connectivity index (χ4n) is 3.30. The second-order valence-electron chi connectivity index (χ2n) is 6.84. The largest absolute Gasteiger partial charge is 0.495 e. The van der Waals surface area contributed by atoms with Crippen LogP contribution in [0.15, 0.2) is 42.5 Å². The number of nitrogens with zero attached hydrogens (tertiary/aromatic N) is 1. The first-order valence-electron chi connectivity index (χ1n) is 9.27. The molecule has 6 nitrogen and oxygen atoms in total. The first-order valence-corrected chi connectivity index (χ1v) is 9.27. The number of piperidine rings is 1. The number of hydrogen-bond acceptors (Lipinski definition) is 5. The summed E-state index contributed by atoms with van der Waals surface area (Å²) in [4.78, 5) is 14.7. The molecule has 1 fully saturated rings. The van der Waals surface area contributed by atoms with Gasteiger partial charge in [0.1, 0.15) is 5.75 Å². The summed E-state index contributed by atoms with van der Waals surface area (Å²) in [6.07, 6.45) is 1.32. The van der Waals surface area contributed by atoms with Gasteiger partial charge in [-0.3, -0.25) is 4.79 Å². The summed E-state index contributed by atoms with van der Waals surface area (Å²) < 4.78 is 5.31. The number of benzene rings is 2. The Morgan fingerprint density at radius 2 is 1.93 bits per heavy atom. The van der Waals surface area contributed by atoms with Crippen molar-refractivity contribution in [3.05, 3.63) is 48.0 Å². The van der Waals surface area contributed by atoms with Crippen molar-refractivity contribution in [1.29, 1.82) is 0 Å². The fourth-order valence-corrected chi connectivity index (χ4v) is 3.30. The van der Waals surface area contributed by atoms with Crippen LogP contribution in [0, 0.1) is 6.92 Å². The lowest BCUT2D eigenvalue weighted by Gasteiger charge is -2.32. The van der Waals surface area contributed by atoms with Crippen molar-refractivity contribution < 1.29 is 14.6 Å². The first-order chi connectivity index (χ1) is 13.1. The van der Waals surface area contributed by atoms with E-state index in [0.29, 0.717) is 11.4 Å². The van der Waals surface area contributed by atoms with Gasteiger partial charge in [0.05, 0.1) is 36.8 Å². The summed E-state index contributed by atoms with van der Waals surface area (Å²) in [5.74, 6) is 0.504. The molecule has 2 aromatic carbocycles. The molecule has 2 aromatic rings. The van der Waals surface area contributed by atoms with E-state index in [9.17, 15) is 9.90 Å². The number of amides is 1. The standard InChI is InChI=1S/C21H27N3O3/c1-15-7-8-20(27-2)18(13-15)23-21(26)14-22-17-5-3-4-6-19(17)24-11-9-16(25)10-12-24/h3-8,13,16,22,25H,9-12,14H2,1-2H3,(H,23,26). The molecule has 0 atom stereocenters. The fraction of sp³-hybridized carbons (Fsp3) is 0.381. The van der Waals surface area contributed by atoms with Crippen molar-refractivity contribution in [3.63, 3.8) is 0 Å². The first kappa shape index (κ1) is 19.0. The van der Waals surface area contributed by atoms with Crippen LogP contribution in [-0.2, 0) is 4.79 Å². The van der Waals surface area contributed by atoms with Crippen LogP contribution < -0.4 is 20.3 Å². The lowest BCUT2D eigenvalue weighted by molar-refractivity contribution is -0.114. The van der Waals surface area contributed by atoms with Gasteiger partial charge >= 0.3 is 0 Å². The van der Waals surface area contributed by atoms with Crippen molar-refractivity contribution >= 4 is 23.0 Å². The van der Waals surface area contributed by atoms with Crippen molar-refractivity contribution in [3.8, 4) is 5.75 Å². The zero-order chi connectivity index (χ0) is 19.2. The van der Waals surface area contributed by atoms with Gasteiger partial charge in [0.15, 0.2) is 0 Å². The number of ether oxygens (including phenoxy) is 1. The molecule has 0 aromatic heterocycles. The molecule has 144 valence electrons. The third kappa shape index (κ3) is 4.92. The molecule has 3 rings (SSSR count). The number of carbonyl (C=O) groups is 1. The number of anilines is 3. The number of hydrogen-bond donors (Lipinski definition) is 3. The molecule has 1 aliphatic heterocycles. The number of aliphatic hydroxyl groups is 1. The number of aryl methyl sites for hydroxylation is 1. The highest BCUT2D eigenvalue weighted by molar-refractivity contribution is 5.95. The van der Waals surface area contributed by atoms with E-state index in [4.69, 9.17) is 4.74 Å². The van der Waals surface area contributed by atoms with Crippen LogP contribution in [0.2, 0.25) is 0 Å². The Balaban J connectivity index is 1.63. The van der Waals surface area contributed by atoms with Gasteiger partial charge in [0.25, 0.3) is 0 Å².